The fourth-order valence-corrected chi connectivity index (χ4v) is 3.30. The van der Waals surface area contributed by atoms with Gasteiger partial charge in [-0.1, -0.05) is 35.6 Å². The van der Waals surface area contributed by atoms with Crippen molar-refractivity contribution < 1.29 is 0 Å². The van der Waals surface area contributed by atoms with Gasteiger partial charge in [0.15, 0.2) is 0 Å². The van der Waals surface area contributed by atoms with Crippen LogP contribution in [0.1, 0.15) is 29.9 Å². The maximum absolute atomic E-state index is 11.6. The van der Waals surface area contributed by atoms with Gasteiger partial charge in [0.25, 0.3) is 0 Å². The first-order valence-corrected chi connectivity index (χ1v) is 6.94. The predicted octanol–water partition coefficient (Wildman–Crippen LogP) is 3.03. The van der Waals surface area contributed by atoms with E-state index in [0.717, 1.165) is 6.54 Å². The van der Waals surface area contributed by atoms with E-state index in [1.165, 1.54) is 41.7 Å². The van der Waals surface area contributed by atoms with E-state index in [4.69, 9.17) is 0 Å². The van der Waals surface area contributed by atoms with Crippen LogP contribution in [0.3, 0.4) is 0 Å². The van der Waals surface area contributed by atoms with E-state index in [9.17, 15) is 4.79 Å². The zero-order valence-corrected chi connectivity index (χ0v) is 10.5. The fraction of sp³-hybridized carbons (Fsp3) is 0.357. The van der Waals surface area contributed by atoms with E-state index in [0.29, 0.717) is 5.92 Å². The predicted molar refractivity (Wildman–Crippen MR) is 70.7 cm³/mol. The molecule has 1 aromatic carbocycles. The van der Waals surface area contributed by atoms with Crippen LogP contribution in [0, 0.1) is 0 Å². The number of thiazole rings is 1. The van der Waals surface area contributed by atoms with E-state index < -0.39 is 0 Å². The number of aromatic nitrogens is 1. The van der Waals surface area contributed by atoms with Gasteiger partial charge in [0.05, 0.1) is 0 Å². The largest absolute Gasteiger partial charge is 0.307 e. The van der Waals surface area contributed by atoms with Crippen LogP contribution in [-0.2, 0) is 13.0 Å². The molecule has 0 spiro atoms. The van der Waals surface area contributed by atoms with Crippen LogP contribution >= 0.6 is 11.3 Å². The van der Waals surface area contributed by atoms with E-state index >= 15 is 0 Å². The zero-order chi connectivity index (χ0) is 11.7. The van der Waals surface area contributed by atoms with Crippen molar-refractivity contribution in [3.05, 3.63) is 56.6 Å². The highest BCUT2D eigenvalue weighted by molar-refractivity contribution is 7.07. The van der Waals surface area contributed by atoms with Crippen molar-refractivity contribution in [3.8, 4) is 0 Å². The van der Waals surface area contributed by atoms with Gasteiger partial charge >= 0.3 is 4.87 Å². The number of nitrogens with zero attached hydrogens (tertiary/aromatic N) is 1. The van der Waals surface area contributed by atoms with Crippen LogP contribution in [-0.4, -0.2) is 4.57 Å². The third-order valence-corrected chi connectivity index (χ3v) is 4.25. The summed E-state index contributed by atoms with van der Waals surface area (Å²) in [7, 11) is 0. The minimum absolute atomic E-state index is 0.160. The Morgan fingerprint density at radius 3 is 3.06 bits per heavy atom. The molecule has 2 nitrogen and oxygen atoms in total. The number of benzene rings is 1. The Hall–Kier alpha value is -1.35. The minimum Gasteiger partial charge on any atom is -0.305 e. The van der Waals surface area contributed by atoms with Gasteiger partial charge in [0, 0.05) is 24.0 Å². The van der Waals surface area contributed by atoms with E-state index in [1.807, 2.05) is 16.1 Å². The van der Waals surface area contributed by atoms with Gasteiger partial charge in [-0.05, 0) is 30.4 Å². The summed E-state index contributed by atoms with van der Waals surface area (Å²) in [5, 5.41) is 1.87. The first-order chi connectivity index (χ1) is 8.34. The van der Waals surface area contributed by atoms with Crippen molar-refractivity contribution in [3.63, 3.8) is 0 Å². The summed E-state index contributed by atoms with van der Waals surface area (Å²) in [6.07, 6.45) is 5.52. The summed E-state index contributed by atoms with van der Waals surface area (Å²) in [6.45, 7) is 0.833. The second-order valence-electron chi connectivity index (χ2n) is 4.61. The number of rotatable bonds is 2. The van der Waals surface area contributed by atoms with Gasteiger partial charge in [-0.25, -0.2) is 0 Å². The molecule has 1 unspecified atom stereocenters. The molecule has 0 fully saturated rings. The van der Waals surface area contributed by atoms with Gasteiger partial charge in [0.1, 0.15) is 0 Å². The van der Waals surface area contributed by atoms with Gasteiger partial charge in [-0.2, -0.15) is 0 Å². The lowest BCUT2D eigenvalue weighted by molar-refractivity contribution is 0.480. The molecule has 1 atom stereocenters. The van der Waals surface area contributed by atoms with Crippen molar-refractivity contribution in [2.24, 2.45) is 0 Å². The number of hydrogen-bond donors (Lipinski definition) is 0. The summed E-state index contributed by atoms with van der Waals surface area (Å²) in [5.74, 6) is 0.507. The molecule has 1 aliphatic rings. The van der Waals surface area contributed by atoms with Crippen molar-refractivity contribution in [2.45, 2.75) is 31.7 Å². The highest BCUT2D eigenvalue weighted by atomic mass is 32.1. The Bertz CT molecular complexity index is 569. The number of hydrogen-bond acceptors (Lipinski definition) is 2. The van der Waals surface area contributed by atoms with Crippen molar-refractivity contribution in [1.82, 2.24) is 4.57 Å². The lowest BCUT2D eigenvalue weighted by Crippen LogP contribution is -2.20. The Morgan fingerprint density at radius 1 is 1.35 bits per heavy atom. The Morgan fingerprint density at radius 2 is 2.24 bits per heavy atom. The smallest absolute Gasteiger partial charge is 0.305 e. The standard InChI is InChI=1S/C14H15NOS/c16-14-15(8-9-17-14)10-12-6-3-5-11-4-1-2-7-13(11)12/h1-2,4,7-9,12H,3,5-6,10H2. The van der Waals surface area contributed by atoms with Crippen LogP contribution in [0.25, 0.3) is 0 Å². The number of fused-ring (bicyclic) bond motifs is 1. The van der Waals surface area contributed by atoms with Crippen molar-refractivity contribution in [2.75, 3.05) is 0 Å². The fourth-order valence-electron chi connectivity index (χ4n) is 2.71. The second-order valence-corrected chi connectivity index (χ2v) is 5.47. The maximum Gasteiger partial charge on any atom is 0.307 e. The highest BCUT2D eigenvalue weighted by Crippen LogP contribution is 2.32. The monoisotopic (exact) mass is 245 g/mol. The third kappa shape index (κ3) is 2.07. The van der Waals surface area contributed by atoms with Gasteiger partial charge in [-0.15, -0.1) is 0 Å². The van der Waals surface area contributed by atoms with Crippen molar-refractivity contribution >= 4 is 11.3 Å². The average molecular weight is 245 g/mol. The molecular formula is C14H15NOS. The lowest BCUT2D eigenvalue weighted by Gasteiger charge is -2.25. The summed E-state index contributed by atoms with van der Waals surface area (Å²) in [5.41, 5.74) is 2.91. The topological polar surface area (TPSA) is 22.0 Å². The van der Waals surface area contributed by atoms with E-state index in [2.05, 4.69) is 24.3 Å². The molecule has 88 valence electrons. The Kier molecular flexibility index (Phi) is 2.85. The molecule has 2 aromatic rings. The molecular weight excluding hydrogens is 230 g/mol. The molecule has 0 bridgehead atoms. The Balaban J connectivity index is 1.91. The van der Waals surface area contributed by atoms with Crippen LogP contribution in [0.2, 0.25) is 0 Å². The molecule has 0 amide bonds. The molecule has 1 aromatic heterocycles. The number of aryl methyl sites for hydroxylation is 1. The molecule has 3 rings (SSSR count). The summed E-state index contributed by atoms with van der Waals surface area (Å²) >= 11 is 1.28. The van der Waals surface area contributed by atoms with Crippen LogP contribution < -0.4 is 4.87 Å². The lowest BCUT2D eigenvalue weighted by atomic mass is 9.83. The van der Waals surface area contributed by atoms with Crippen LogP contribution in [0.4, 0.5) is 0 Å². The summed E-state index contributed by atoms with van der Waals surface area (Å²) in [4.78, 5) is 11.7. The zero-order valence-electron chi connectivity index (χ0n) is 9.63. The molecule has 17 heavy (non-hydrogen) atoms. The molecule has 0 saturated heterocycles. The molecule has 1 heterocycles. The highest BCUT2D eigenvalue weighted by Gasteiger charge is 2.20. The first-order valence-electron chi connectivity index (χ1n) is 6.06. The minimum atomic E-state index is 0.160. The van der Waals surface area contributed by atoms with Crippen LogP contribution in [0.5, 0.6) is 0 Å². The Labute approximate surface area is 105 Å². The normalized spacial score (nSPS) is 18.9. The van der Waals surface area contributed by atoms with E-state index in [1.54, 1.807) is 0 Å². The molecule has 1 aliphatic carbocycles. The van der Waals surface area contributed by atoms with E-state index in [-0.39, 0.29) is 4.87 Å². The quantitative estimate of drug-likeness (QED) is 0.797. The first kappa shape index (κ1) is 10.8. The SMILES string of the molecule is O=c1sccn1CC1CCCc2ccccc21. The second kappa shape index (κ2) is 4.49. The molecule has 0 aliphatic heterocycles. The molecule has 0 saturated carbocycles. The van der Waals surface area contributed by atoms with Gasteiger partial charge < -0.3 is 4.57 Å². The van der Waals surface area contributed by atoms with Gasteiger partial charge in [0.2, 0.25) is 0 Å². The third-order valence-electron chi connectivity index (χ3n) is 3.55. The molecule has 0 N–H and O–H groups in total. The van der Waals surface area contributed by atoms with Gasteiger partial charge in [-0.3, -0.25) is 4.79 Å². The van der Waals surface area contributed by atoms with Crippen molar-refractivity contribution in [1.29, 1.82) is 0 Å². The molecule has 0 radical (unpaired) electrons. The summed E-state index contributed by atoms with van der Waals surface area (Å²) < 4.78 is 1.84. The summed E-state index contributed by atoms with van der Waals surface area (Å²) in [6, 6.07) is 8.65. The van der Waals surface area contributed by atoms with Crippen LogP contribution in [0.15, 0.2) is 40.6 Å². The maximum atomic E-state index is 11.6. The average Bonchev–Trinajstić information content (AvgIpc) is 2.76. The molecule has 3 heteroatoms.